The van der Waals surface area contributed by atoms with Crippen molar-refractivity contribution in [3.63, 3.8) is 0 Å². The molecular weight excluding hydrogens is 603 g/mol. The fourth-order valence-electron chi connectivity index (χ4n) is 4.83. The van der Waals surface area contributed by atoms with Gasteiger partial charge in [0, 0.05) is 43.0 Å². The van der Waals surface area contributed by atoms with E-state index in [9.17, 15) is 14.7 Å². The van der Waals surface area contributed by atoms with Crippen molar-refractivity contribution in [3.8, 4) is 11.5 Å². The van der Waals surface area contributed by atoms with E-state index in [0.717, 1.165) is 38.7 Å². The zero-order valence-corrected chi connectivity index (χ0v) is 31.7. The first-order valence-corrected chi connectivity index (χ1v) is 17.7. The second-order valence-corrected chi connectivity index (χ2v) is 18.4. The zero-order valence-electron chi connectivity index (χ0n) is 30.1. The Kier molecular flexibility index (Phi) is 13.0. The number of amides is 1. The van der Waals surface area contributed by atoms with Gasteiger partial charge in [-0.2, -0.15) is 0 Å². The van der Waals surface area contributed by atoms with E-state index in [-0.39, 0.29) is 47.3 Å². The van der Waals surface area contributed by atoms with Gasteiger partial charge < -0.3 is 19.9 Å². The SMILES string of the molecule is CCOC(=O)CNC(=O)COc1c(C(C)(C)C)cc(SCC(C)Sc2cc(C(C)(C)C)c(O)c(C(C)(C)C)c2)cc1C(C)(C)C. The largest absolute Gasteiger partial charge is 0.507 e. The van der Waals surface area contributed by atoms with Crippen LogP contribution in [0, 0.1) is 0 Å². The first-order chi connectivity index (χ1) is 20.4. The molecule has 0 aliphatic carbocycles. The third-order valence-electron chi connectivity index (χ3n) is 7.28. The molecule has 1 atom stereocenters. The van der Waals surface area contributed by atoms with Crippen LogP contribution in [0.4, 0.5) is 0 Å². The van der Waals surface area contributed by atoms with Crippen molar-refractivity contribution in [1.82, 2.24) is 5.32 Å². The number of hydrogen-bond acceptors (Lipinski definition) is 7. The van der Waals surface area contributed by atoms with E-state index in [4.69, 9.17) is 9.47 Å². The molecule has 45 heavy (non-hydrogen) atoms. The fraction of sp³-hybridized carbons (Fsp3) is 0.622. The number of benzene rings is 2. The molecule has 0 saturated heterocycles. The van der Waals surface area contributed by atoms with Gasteiger partial charge in [-0.05, 0) is 52.8 Å². The summed E-state index contributed by atoms with van der Waals surface area (Å²) >= 11 is 3.67. The van der Waals surface area contributed by atoms with Crippen LogP contribution in [0.3, 0.4) is 0 Å². The molecule has 0 aliphatic rings. The maximum atomic E-state index is 12.5. The summed E-state index contributed by atoms with van der Waals surface area (Å²) in [6, 6.07) is 8.69. The van der Waals surface area contributed by atoms with E-state index in [1.807, 2.05) is 23.5 Å². The van der Waals surface area contributed by atoms with E-state index in [1.165, 1.54) is 4.90 Å². The van der Waals surface area contributed by atoms with Gasteiger partial charge in [0.05, 0.1) is 6.61 Å². The van der Waals surface area contributed by atoms with E-state index in [2.05, 4.69) is 120 Å². The smallest absolute Gasteiger partial charge is 0.325 e. The topological polar surface area (TPSA) is 84.9 Å². The maximum Gasteiger partial charge on any atom is 0.325 e. The molecule has 1 unspecified atom stereocenters. The lowest BCUT2D eigenvalue weighted by Crippen LogP contribution is -2.34. The van der Waals surface area contributed by atoms with Crippen LogP contribution >= 0.6 is 23.5 Å². The quantitative estimate of drug-likeness (QED) is 0.184. The van der Waals surface area contributed by atoms with E-state index in [1.54, 1.807) is 6.92 Å². The molecule has 6 nitrogen and oxygen atoms in total. The molecule has 2 aromatic carbocycles. The van der Waals surface area contributed by atoms with Gasteiger partial charge in [0.15, 0.2) is 6.61 Å². The van der Waals surface area contributed by atoms with E-state index in [0.29, 0.717) is 11.0 Å². The number of esters is 1. The van der Waals surface area contributed by atoms with Crippen LogP contribution in [0.1, 0.15) is 119 Å². The minimum atomic E-state index is -0.472. The van der Waals surface area contributed by atoms with Crippen molar-refractivity contribution in [2.45, 2.75) is 134 Å². The van der Waals surface area contributed by atoms with Gasteiger partial charge >= 0.3 is 5.97 Å². The number of carbonyl (C=O) groups excluding carboxylic acids is 2. The van der Waals surface area contributed by atoms with Crippen LogP contribution in [0.5, 0.6) is 11.5 Å². The van der Waals surface area contributed by atoms with Crippen molar-refractivity contribution in [2.24, 2.45) is 0 Å². The molecule has 0 heterocycles. The van der Waals surface area contributed by atoms with Gasteiger partial charge in [0.25, 0.3) is 5.91 Å². The van der Waals surface area contributed by atoms with E-state index < -0.39 is 5.97 Å². The molecule has 1 amide bonds. The van der Waals surface area contributed by atoms with Crippen molar-refractivity contribution in [1.29, 1.82) is 0 Å². The monoisotopic (exact) mass is 659 g/mol. The highest BCUT2D eigenvalue weighted by Crippen LogP contribution is 2.45. The maximum absolute atomic E-state index is 12.5. The van der Waals surface area contributed by atoms with Gasteiger partial charge in [0.2, 0.25) is 0 Å². The van der Waals surface area contributed by atoms with Crippen LogP contribution in [0.2, 0.25) is 0 Å². The third kappa shape index (κ3) is 11.5. The molecule has 0 radical (unpaired) electrons. The number of carbonyl (C=O) groups is 2. The highest BCUT2D eigenvalue weighted by atomic mass is 32.2. The average molecular weight is 660 g/mol. The van der Waals surface area contributed by atoms with E-state index >= 15 is 0 Å². The van der Waals surface area contributed by atoms with Gasteiger partial charge in [-0.15, -0.1) is 23.5 Å². The van der Waals surface area contributed by atoms with Crippen LogP contribution in [0.25, 0.3) is 0 Å². The summed E-state index contributed by atoms with van der Waals surface area (Å²) in [7, 11) is 0. The van der Waals surface area contributed by atoms with Crippen molar-refractivity contribution >= 4 is 35.4 Å². The molecule has 2 rings (SSSR count). The first kappa shape index (κ1) is 38.9. The fourth-order valence-corrected chi connectivity index (χ4v) is 6.97. The molecule has 0 bridgehead atoms. The number of hydrogen-bond donors (Lipinski definition) is 2. The highest BCUT2D eigenvalue weighted by molar-refractivity contribution is 8.03. The van der Waals surface area contributed by atoms with Crippen molar-refractivity contribution < 1.29 is 24.2 Å². The minimum absolute atomic E-state index is 0.170. The Morgan fingerprint density at radius 2 is 1.22 bits per heavy atom. The average Bonchev–Trinajstić information content (AvgIpc) is 2.88. The molecule has 0 aliphatic heterocycles. The number of phenols is 1. The van der Waals surface area contributed by atoms with Gasteiger partial charge in [-0.3, -0.25) is 9.59 Å². The Hall–Kier alpha value is -2.32. The summed E-state index contributed by atoms with van der Waals surface area (Å²) in [5, 5.41) is 14.0. The van der Waals surface area contributed by atoms with Crippen molar-refractivity contribution in [3.05, 3.63) is 46.5 Å². The summed E-state index contributed by atoms with van der Waals surface area (Å²) < 4.78 is 11.1. The number of rotatable bonds is 11. The second kappa shape index (κ2) is 15.1. The van der Waals surface area contributed by atoms with Crippen LogP contribution < -0.4 is 10.1 Å². The predicted molar refractivity (Wildman–Crippen MR) is 191 cm³/mol. The number of aromatic hydroxyl groups is 1. The number of thioether (sulfide) groups is 2. The van der Waals surface area contributed by atoms with Gasteiger partial charge in [-0.1, -0.05) is 90.0 Å². The first-order valence-electron chi connectivity index (χ1n) is 15.9. The molecule has 0 saturated carbocycles. The molecule has 0 fully saturated rings. The number of ether oxygens (including phenoxy) is 2. The van der Waals surface area contributed by atoms with Gasteiger partial charge in [0.1, 0.15) is 18.0 Å². The zero-order chi connectivity index (χ0) is 34.5. The summed E-state index contributed by atoms with van der Waals surface area (Å²) in [6.45, 7) is 29.7. The lowest BCUT2D eigenvalue weighted by molar-refractivity contribution is -0.143. The Morgan fingerprint density at radius 1 is 0.778 bits per heavy atom. The highest BCUT2D eigenvalue weighted by Gasteiger charge is 2.30. The van der Waals surface area contributed by atoms with Crippen molar-refractivity contribution in [2.75, 3.05) is 25.5 Å². The Bertz CT molecular complexity index is 1270. The molecular formula is C37H57NO5S2. The summed E-state index contributed by atoms with van der Waals surface area (Å²) in [5.41, 5.74) is 3.24. The summed E-state index contributed by atoms with van der Waals surface area (Å²) in [4.78, 5) is 26.6. The second-order valence-electron chi connectivity index (χ2n) is 15.8. The summed E-state index contributed by atoms with van der Waals surface area (Å²) in [6.07, 6.45) is 0. The standard InChI is InChI=1S/C37H57NO5S2/c1-15-42-31(40)20-38-30(39)21-43-33-28(36(9,10)11)16-24(17-29(33)37(12,13)14)44-22-23(2)45-25-18-26(34(3,4)5)32(41)27(19-25)35(6,7)8/h16-19,23,41H,15,20-22H2,1-14H3,(H,38,39). The Morgan fingerprint density at radius 3 is 1.64 bits per heavy atom. The van der Waals surface area contributed by atoms with Crippen LogP contribution in [0.15, 0.2) is 34.1 Å². The molecule has 8 heteroatoms. The Balaban J connectivity index is 2.34. The number of phenolic OH excluding ortho intramolecular Hbond substituents is 1. The summed E-state index contributed by atoms with van der Waals surface area (Å²) in [5.74, 6) is 1.18. The van der Waals surface area contributed by atoms with Crippen LogP contribution in [-0.2, 0) is 36.0 Å². The Labute approximate surface area is 281 Å². The lowest BCUT2D eigenvalue weighted by Gasteiger charge is -2.30. The third-order valence-corrected chi connectivity index (χ3v) is 9.81. The molecule has 0 aromatic heterocycles. The molecule has 0 spiro atoms. The number of nitrogens with one attached hydrogen (secondary N) is 1. The van der Waals surface area contributed by atoms with Gasteiger partial charge in [-0.25, -0.2) is 0 Å². The molecule has 252 valence electrons. The molecule has 2 N–H and O–H groups in total. The lowest BCUT2D eigenvalue weighted by atomic mass is 9.79. The van der Waals surface area contributed by atoms with Crippen LogP contribution in [-0.4, -0.2) is 47.7 Å². The molecule has 2 aromatic rings. The minimum Gasteiger partial charge on any atom is -0.507 e. The normalized spacial score (nSPS) is 13.4. The predicted octanol–water partition coefficient (Wildman–Crippen LogP) is 8.91.